The number of rotatable bonds is 6. The van der Waals surface area contributed by atoms with Crippen LogP contribution < -0.4 is 0 Å². The summed E-state index contributed by atoms with van der Waals surface area (Å²) in [6, 6.07) is -0.572. The number of likely N-dealkylation sites (N-methyl/N-ethyl adjacent to an activating group) is 1. The van der Waals surface area contributed by atoms with Gasteiger partial charge in [-0.05, 0) is 12.8 Å². The fourth-order valence-corrected chi connectivity index (χ4v) is 2.14. The lowest BCUT2D eigenvalue weighted by Crippen LogP contribution is -2.49. The van der Waals surface area contributed by atoms with E-state index in [-0.39, 0.29) is 19.2 Å². The Morgan fingerprint density at radius 3 is 2.68 bits per heavy atom. The number of aliphatic carboxylic acids is 1. The number of ether oxygens (including phenoxy) is 1. The molecule has 1 saturated heterocycles. The van der Waals surface area contributed by atoms with Crippen molar-refractivity contribution in [3.63, 3.8) is 0 Å². The number of carboxylic acid groups (broad SMARTS) is 1. The van der Waals surface area contributed by atoms with Crippen LogP contribution in [0.15, 0.2) is 12.7 Å². The SMILES string of the molecule is C=CCCCN(C)C(=O)N(C)C1COCC1C(=O)O. The average Bonchev–Trinajstić information content (AvgIpc) is 2.86. The first kappa shape index (κ1) is 15.5. The van der Waals surface area contributed by atoms with Gasteiger partial charge in [-0.25, -0.2) is 4.79 Å². The average molecular weight is 270 g/mol. The number of nitrogens with zero attached hydrogens (tertiary/aromatic N) is 2. The normalized spacial score (nSPS) is 22.0. The van der Waals surface area contributed by atoms with Gasteiger partial charge in [0.2, 0.25) is 0 Å². The van der Waals surface area contributed by atoms with E-state index >= 15 is 0 Å². The number of carbonyl (C=O) groups is 2. The predicted octanol–water partition coefficient (Wildman–Crippen LogP) is 1.04. The van der Waals surface area contributed by atoms with Gasteiger partial charge < -0.3 is 19.6 Å². The van der Waals surface area contributed by atoms with Crippen LogP contribution in [0.1, 0.15) is 12.8 Å². The van der Waals surface area contributed by atoms with Crippen LogP contribution in [0.4, 0.5) is 4.79 Å². The molecule has 1 N–H and O–H groups in total. The van der Waals surface area contributed by atoms with Crippen LogP contribution in [0.2, 0.25) is 0 Å². The Labute approximate surface area is 113 Å². The van der Waals surface area contributed by atoms with Gasteiger partial charge in [-0.15, -0.1) is 6.58 Å². The highest BCUT2D eigenvalue weighted by Crippen LogP contribution is 2.20. The van der Waals surface area contributed by atoms with E-state index < -0.39 is 17.9 Å². The molecule has 6 heteroatoms. The van der Waals surface area contributed by atoms with Crippen LogP contribution in [-0.4, -0.2) is 66.8 Å². The minimum atomic E-state index is -0.920. The summed E-state index contributed by atoms with van der Waals surface area (Å²) in [5.74, 6) is -1.56. The van der Waals surface area contributed by atoms with Gasteiger partial charge >= 0.3 is 12.0 Å². The molecule has 6 nitrogen and oxygen atoms in total. The molecule has 1 heterocycles. The molecule has 0 saturated carbocycles. The summed E-state index contributed by atoms with van der Waals surface area (Å²) in [5, 5.41) is 9.08. The maximum absolute atomic E-state index is 12.2. The molecular formula is C13H22N2O4. The van der Waals surface area contributed by atoms with Crippen molar-refractivity contribution in [3.05, 3.63) is 12.7 Å². The Balaban J connectivity index is 2.55. The molecule has 0 aliphatic carbocycles. The summed E-state index contributed by atoms with van der Waals surface area (Å²) in [6.07, 6.45) is 3.52. The number of carboxylic acids is 1. The fourth-order valence-electron chi connectivity index (χ4n) is 2.14. The summed E-state index contributed by atoms with van der Waals surface area (Å²) in [5.41, 5.74) is 0. The summed E-state index contributed by atoms with van der Waals surface area (Å²) < 4.78 is 5.17. The van der Waals surface area contributed by atoms with Crippen LogP contribution in [0.3, 0.4) is 0 Å². The zero-order chi connectivity index (χ0) is 14.4. The molecule has 0 spiro atoms. The summed E-state index contributed by atoms with van der Waals surface area (Å²) >= 11 is 0. The molecule has 0 aromatic rings. The molecule has 1 rings (SSSR count). The van der Waals surface area contributed by atoms with Gasteiger partial charge in [0.05, 0.1) is 19.3 Å². The topological polar surface area (TPSA) is 70.1 Å². The van der Waals surface area contributed by atoms with Crippen LogP contribution in [0.5, 0.6) is 0 Å². The van der Waals surface area contributed by atoms with Crippen molar-refractivity contribution in [2.75, 3.05) is 33.9 Å². The van der Waals surface area contributed by atoms with Crippen molar-refractivity contribution in [2.24, 2.45) is 5.92 Å². The van der Waals surface area contributed by atoms with Crippen molar-refractivity contribution >= 4 is 12.0 Å². The third-order valence-corrected chi connectivity index (χ3v) is 3.40. The molecule has 2 atom stereocenters. The van der Waals surface area contributed by atoms with E-state index in [1.54, 1.807) is 19.0 Å². The molecule has 0 aromatic carbocycles. The third-order valence-electron chi connectivity index (χ3n) is 3.40. The molecule has 2 amide bonds. The zero-order valence-corrected chi connectivity index (χ0v) is 11.5. The van der Waals surface area contributed by atoms with Gasteiger partial charge in [0.25, 0.3) is 0 Å². The molecule has 108 valence electrons. The van der Waals surface area contributed by atoms with E-state index in [1.165, 1.54) is 4.90 Å². The number of hydrogen-bond donors (Lipinski definition) is 1. The van der Waals surface area contributed by atoms with Crippen molar-refractivity contribution < 1.29 is 19.4 Å². The maximum atomic E-state index is 12.2. The van der Waals surface area contributed by atoms with Gasteiger partial charge in [-0.3, -0.25) is 4.79 Å². The molecule has 2 unspecified atom stereocenters. The van der Waals surface area contributed by atoms with Crippen LogP contribution >= 0.6 is 0 Å². The second-order valence-electron chi connectivity index (χ2n) is 4.80. The first-order valence-electron chi connectivity index (χ1n) is 6.38. The molecule has 0 radical (unpaired) electrons. The first-order chi connectivity index (χ1) is 8.99. The number of carbonyl (C=O) groups excluding carboxylic acids is 1. The Morgan fingerprint density at radius 1 is 1.42 bits per heavy atom. The second kappa shape index (κ2) is 7.13. The van der Waals surface area contributed by atoms with Crippen molar-refractivity contribution in [3.8, 4) is 0 Å². The molecule has 1 aliphatic heterocycles. The van der Waals surface area contributed by atoms with Gasteiger partial charge in [0.1, 0.15) is 5.92 Å². The Morgan fingerprint density at radius 2 is 2.11 bits per heavy atom. The Kier molecular flexibility index (Phi) is 5.82. The van der Waals surface area contributed by atoms with Crippen LogP contribution in [0.25, 0.3) is 0 Å². The molecule has 0 aromatic heterocycles. The number of amides is 2. The minimum absolute atomic E-state index is 0.164. The second-order valence-corrected chi connectivity index (χ2v) is 4.80. The highest BCUT2D eigenvalue weighted by Gasteiger charge is 2.39. The number of urea groups is 1. The summed E-state index contributed by atoms with van der Waals surface area (Å²) in [7, 11) is 3.34. The van der Waals surface area contributed by atoms with Crippen molar-refractivity contribution in [2.45, 2.75) is 18.9 Å². The van der Waals surface area contributed by atoms with Gasteiger partial charge in [0, 0.05) is 20.6 Å². The number of hydrogen-bond acceptors (Lipinski definition) is 3. The Bertz CT molecular complexity index is 346. The van der Waals surface area contributed by atoms with Gasteiger partial charge in [-0.2, -0.15) is 0 Å². The van der Waals surface area contributed by atoms with Crippen molar-refractivity contribution in [1.82, 2.24) is 9.80 Å². The third kappa shape index (κ3) is 3.96. The Hall–Kier alpha value is -1.56. The quantitative estimate of drug-likeness (QED) is 0.578. The van der Waals surface area contributed by atoms with E-state index in [1.807, 2.05) is 6.08 Å². The standard InChI is InChI=1S/C13H22N2O4/c1-4-5-6-7-14(2)13(18)15(3)11-9-19-8-10(11)12(16)17/h4,10-11H,1,5-9H2,2-3H3,(H,16,17). The lowest BCUT2D eigenvalue weighted by Gasteiger charge is -2.30. The molecule has 19 heavy (non-hydrogen) atoms. The summed E-state index contributed by atoms with van der Waals surface area (Å²) in [4.78, 5) is 26.3. The lowest BCUT2D eigenvalue weighted by molar-refractivity contribution is -0.142. The monoisotopic (exact) mass is 270 g/mol. The highest BCUT2D eigenvalue weighted by atomic mass is 16.5. The fraction of sp³-hybridized carbons (Fsp3) is 0.692. The van der Waals surface area contributed by atoms with E-state index in [2.05, 4.69) is 6.58 Å². The van der Waals surface area contributed by atoms with Crippen molar-refractivity contribution in [1.29, 1.82) is 0 Å². The number of allylic oxidation sites excluding steroid dienone is 1. The lowest BCUT2D eigenvalue weighted by atomic mass is 10.0. The maximum Gasteiger partial charge on any atom is 0.319 e. The van der Waals surface area contributed by atoms with Crippen LogP contribution in [0, 0.1) is 5.92 Å². The molecule has 1 fully saturated rings. The first-order valence-corrected chi connectivity index (χ1v) is 6.38. The van der Waals surface area contributed by atoms with E-state index in [0.29, 0.717) is 6.54 Å². The van der Waals surface area contributed by atoms with Crippen LogP contribution in [-0.2, 0) is 9.53 Å². The van der Waals surface area contributed by atoms with E-state index in [9.17, 15) is 9.59 Å². The van der Waals surface area contributed by atoms with Gasteiger partial charge in [-0.1, -0.05) is 6.08 Å². The van der Waals surface area contributed by atoms with E-state index in [0.717, 1.165) is 12.8 Å². The largest absolute Gasteiger partial charge is 0.481 e. The zero-order valence-electron chi connectivity index (χ0n) is 11.5. The van der Waals surface area contributed by atoms with Gasteiger partial charge in [0.15, 0.2) is 0 Å². The van der Waals surface area contributed by atoms with E-state index in [4.69, 9.17) is 9.84 Å². The molecule has 1 aliphatic rings. The number of unbranched alkanes of at least 4 members (excludes halogenated alkanes) is 1. The summed E-state index contributed by atoms with van der Waals surface area (Å²) in [6.45, 7) is 4.70. The highest BCUT2D eigenvalue weighted by molar-refractivity contribution is 5.77. The predicted molar refractivity (Wildman–Crippen MR) is 71.0 cm³/mol. The minimum Gasteiger partial charge on any atom is -0.481 e. The molecule has 0 bridgehead atoms. The molecular weight excluding hydrogens is 248 g/mol. The smallest absolute Gasteiger partial charge is 0.319 e.